The van der Waals surface area contributed by atoms with Crippen molar-refractivity contribution in [2.75, 3.05) is 25.5 Å². The number of Topliss-reactive ketones (excluding diaryl/α,β-unsaturated/α-hetero) is 1. The van der Waals surface area contributed by atoms with Crippen LogP contribution in [-0.2, 0) is 20.7 Å². The summed E-state index contributed by atoms with van der Waals surface area (Å²) >= 11 is 12.2. The van der Waals surface area contributed by atoms with Crippen LogP contribution in [0.3, 0.4) is 0 Å². The molecule has 8 nitrogen and oxygen atoms in total. The molecular weight excluding hydrogens is 702 g/mol. The van der Waals surface area contributed by atoms with Crippen LogP contribution in [0.25, 0.3) is 0 Å². The number of esters is 1. The Labute approximate surface area is 278 Å². The summed E-state index contributed by atoms with van der Waals surface area (Å²) in [4.78, 5) is 45.6. The number of benzene rings is 1. The predicted octanol–water partition coefficient (Wildman–Crippen LogP) is 6.50. The highest BCUT2D eigenvalue weighted by molar-refractivity contribution is 14.0. The number of halogens is 3. The summed E-state index contributed by atoms with van der Waals surface area (Å²) in [5.74, 6) is -0.643. The van der Waals surface area contributed by atoms with E-state index in [1.54, 1.807) is 19.1 Å². The Morgan fingerprint density at radius 1 is 1.09 bits per heavy atom. The second-order valence-corrected chi connectivity index (χ2v) is 11.8. The van der Waals surface area contributed by atoms with E-state index in [4.69, 9.17) is 27.9 Å². The molecule has 2 aromatic rings. The first-order valence-corrected chi connectivity index (χ1v) is 15.0. The highest BCUT2D eigenvalue weighted by Crippen LogP contribution is 2.53. The van der Waals surface area contributed by atoms with Gasteiger partial charge in [-0.05, 0) is 55.3 Å². The molecule has 1 atom stereocenters. The van der Waals surface area contributed by atoms with Gasteiger partial charge in [0.25, 0.3) is 5.91 Å². The number of aromatic nitrogens is 1. The van der Waals surface area contributed by atoms with E-state index in [9.17, 15) is 14.4 Å². The van der Waals surface area contributed by atoms with Gasteiger partial charge >= 0.3 is 5.97 Å². The van der Waals surface area contributed by atoms with E-state index in [-0.39, 0.29) is 57.9 Å². The summed E-state index contributed by atoms with van der Waals surface area (Å²) < 4.78 is 5.46. The van der Waals surface area contributed by atoms with Crippen molar-refractivity contribution < 1.29 is 19.1 Å². The number of nitrogens with one attached hydrogen (secondary N) is 2. The Bertz CT molecular complexity index is 1460. The van der Waals surface area contributed by atoms with Gasteiger partial charge in [0, 0.05) is 49.4 Å². The molecule has 0 bridgehead atoms. The quantitative estimate of drug-likeness (QED) is 0.224. The fourth-order valence-corrected chi connectivity index (χ4v) is 6.56. The topological polar surface area (TPSA) is 101 Å². The van der Waals surface area contributed by atoms with Gasteiger partial charge in [0.05, 0.1) is 27.6 Å². The van der Waals surface area contributed by atoms with E-state index in [2.05, 4.69) is 15.6 Å². The molecular formula is C32H35Cl2IN4O4. The van der Waals surface area contributed by atoms with Crippen molar-refractivity contribution >= 4 is 70.5 Å². The summed E-state index contributed by atoms with van der Waals surface area (Å²) in [7, 11) is 1.98. The number of likely N-dealkylation sites (N-methyl/N-ethyl adjacent to an activating group) is 1. The van der Waals surface area contributed by atoms with Crippen LogP contribution in [0.15, 0.2) is 71.9 Å². The monoisotopic (exact) mass is 736 g/mol. The number of carbonyl (C=O) groups excluding carboxylic acids is 3. The second kappa shape index (κ2) is 14.3. The Morgan fingerprint density at radius 3 is 2.40 bits per heavy atom. The zero-order chi connectivity index (χ0) is 29.9. The number of anilines is 1. The van der Waals surface area contributed by atoms with E-state index in [0.717, 1.165) is 48.9 Å². The molecule has 1 aliphatic heterocycles. The lowest BCUT2D eigenvalue weighted by atomic mass is 9.57. The van der Waals surface area contributed by atoms with Crippen molar-refractivity contribution in [3.05, 3.63) is 93.0 Å². The first-order valence-electron chi connectivity index (χ1n) is 14.2. The normalized spacial score (nSPS) is 17.9. The van der Waals surface area contributed by atoms with Gasteiger partial charge in [0.1, 0.15) is 6.04 Å². The van der Waals surface area contributed by atoms with Crippen molar-refractivity contribution in [1.82, 2.24) is 15.2 Å². The third kappa shape index (κ3) is 6.94. The van der Waals surface area contributed by atoms with Gasteiger partial charge < -0.3 is 20.3 Å². The third-order valence-corrected chi connectivity index (χ3v) is 8.67. The van der Waals surface area contributed by atoms with Crippen molar-refractivity contribution in [1.29, 1.82) is 0 Å². The van der Waals surface area contributed by atoms with Crippen LogP contribution in [0, 0.1) is 5.41 Å². The number of carbonyl (C=O) groups is 3. The van der Waals surface area contributed by atoms with E-state index in [1.165, 1.54) is 12.4 Å². The van der Waals surface area contributed by atoms with Crippen LogP contribution < -0.4 is 10.6 Å². The number of nitrogens with zero attached hydrogens (tertiary/aromatic N) is 2. The molecule has 1 spiro atoms. The SMILES string of the molecule is CCOC(=O)[C@H](Cc1ccc(NC(=O)c2c(Cl)cncc2Cl)cc1)NC1=C(C2=CC=CN(C)C2)C(=O)C12CCCCC2.I. The number of ether oxygens (including phenoxy) is 1. The number of hydrogen-bond donors (Lipinski definition) is 2. The van der Waals surface area contributed by atoms with E-state index in [1.807, 2.05) is 42.4 Å². The Morgan fingerprint density at radius 2 is 1.77 bits per heavy atom. The summed E-state index contributed by atoms with van der Waals surface area (Å²) in [5, 5.41) is 6.63. The third-order valence-electron chi connectivity index (χ3n) is 8.10. The molecule has 0 radical (unpaired) electrons. The number of allylic oxidation sites excluding steroid dienone is 3. The fourth-order valence-electron chi connectivity index (χ4n) is 6.03. The summed E-state index contributed by atoms with van der Waals surface area (Å²) in [6.07, 6.45) is 13.6. The summed E-state index contributed by atoms with van der Waals surface area (Å²) in [5.41, 5.74) is 3.52. The molecule has 43 heavy (non-hydrogen) atoms. The van der Waals surface area contributed by atoms with Gasteiger partial charge in [-0.25, -0.2) is 4.79 Å². The number of hydrogen-bond acceptors (Lipinski definition) is 7. The predicted molar refractivity (Wildman–Crippen MR) is 179 cm³/mol. The van der Waals surface area contributed by atoms with Crippen LogP contribution in [0.4, 0.5) is 5.69 Å². The highest BCUT2D eigenvalue weighted by Gasteiger charge is 2.55. The molecule has 1 aromatic carbocycles. The van der Waals surface area contributed by atoms with Gasteiger partial charge in [0.15, 0.2) is 5.78 Å². The highest BCUT2D eigenvalue weighted by atomic mass is 127. The zero-order valence-electron chi connectivity index (χ0n) is 24.1. The lowest BCUT2D eigenvalue weighted by Crippen LogP contribution is -2.55. The smallest absolute Gasteiger partial charge is 0.328 e. The number of ketones is 1. The minimum atomic E-state index is -0.686. The summed E-state index contributed by atoms with van der Waals surface area (Å²) in [6, 6.07) is 6.52. The summed E-state index contributed by atoms with van der Waals surface area (Å²) in [6.45, 7) is 2.66. The molecule has 2 heterocycles. The fraction of sp³-hybridized carbons (Fsp3) is 0.375. The first-order chi connectivity index (χ1) is 20.2. The zero-order valence-corrected chi connectivity index (χ0v) is 28.0. The molecule has 2 aliphatic carbocycles. The van der Waals surface area contributed by atoms with Crippen LogP contribution >= 0.6 is 47.2 Å². The van der Waals surface area contributed by atoms with Gasteiger partial charge in [-0.2, -0.15) is 0 Å². The van der Waals surface area contributed by atoms with E-state index in [0.29, 0.717) is 24.2 Å². The van der Waals surface area contributed by atoms with Crippen molar-refractivity contribution in [3.8, 4) is 0 Å². The van der Waals surface area contributed by atoms with Gasteiger partial charge in [-0.15, -0.1) is 24.0 Å². The average Bonchev–Trinajstić information content (AvgIpc) is 2.97. The molecule has 1 saturated carbocycles. The maximum atomic E-state index is 13.7. The molecule has 2 N–H and O–H groups in total. The van der Waals surface area contributed by atoms with Gasteiger partial charge in [0.2, 0.25) is 0 Å². The maximum absolute atomic E-state index is 13.7. The second-order valence-electron chi connectivity index (χ2n) is 11.0. The lowest BCUT2D eigenvalue weighted by Gasteiger charge is -2.48. The van der Waals surface area contributed by atoms with Crippen LogP contribution in [0.2, 0.25) is 10.0 Å². The molecule has 3 aliphatic rings. The Balaban J connectivity index is 0.00000423. The van der Waals surface area contributed by atoms with Crippen molar-refractivity contribution in [2.45, 2.75) is 51.5 Å². The molecule has 228 valence electrons. The minimum absolute atomic E-state index is 0. The van der Waals surface area contributed by atoms with Crippen LogP contribution in [0.1, 0.15) is 54.9 Å². The van der Waals surface area contributed by atoms with Crippen LogP contribution in [0.5, 0.6) is 0 Å². The van der Waals surface area contributed by atoms with Crippen molar-refractivity contribution in [2.24, 2.45) is 5.41 Å². The first kappa shape index (κ1) is 33.0. The average molecular weight is 737 g/mol. The minimum Gasteiger partial charge on any atom is -0.464 e. The largest absolute Gasteiger partial charge is 0.464 e. The van der Waals surface area contributed by atoms with Gasteiger partial charge in [-0.1, -0.05) is 60.7 Å². The number of rotatable bonds is 9. The number of amides is 1. The van der Waals surface area contributed by atoms with E-state index >= 15 is 0 Å². The van der Waals surface area contributed by atoms with Crippen molar-refractivity contribution in [3.63, 3.8) is 0 Å². The molecule has 0 saturated heterocycles. The molecule has 0 unspecified atom stereocenters. The number of pyridine rings is 1. The van der Waals surface area contributed by atoms with Crippen LogP contribution in [-0.4, -0.2) is 53.8 Å². The molecule has 1 amide bonds. The molecule has 11 heteroatoms. The Kier molecular flexibility index (Phi) is 10.9. The lowest BCUT2D eigenvalue weighted by molar-refractivity contribution is -0.146. The van der Waals surface area contributed by atoms with Gasteiger partial charge in [-0.3, -0.25) is 14.6 Å². The molecule has 1 aromatic heterocycles. The van der Waals surface area contributed by atoms with E-state index < -0.39 is 17.4 Å². The maximum Gasteiger partial charge on any atom is 0.328 e. The Hall–Kier alpha value is -2.89. The molecule has 1 fully saturated rings. The molecule has 5 rings (SSSR count). The standard InChI is InChI=1S/C32H34Cl2N4O4.HI/c1-3-42-31(41)25(16-20-9-11-22(12-10-20)36-30(40)27-23(33)17-35-18-24(27)34)37-28-26(21-8-7-15-38(2)19-21)29(39)32(28)13-5-4-6-14-32;/h7-12,15,17-18,25,37H,3-6,13-14,16,19H2,1-2H3,(H,36,40);1H/t25-;/m0./s1.